The van der Waals surface area contributed by atoms with E-state index in [1.807, 2.05) is 6.07 Å². The van der Waals surface area contributed by atoms with Gasteiger partial charge >= 0.3 is 5.97 Å². The second-order valence-electron chi connectivity index (χ2n) is 8.43. The summed E-state index contributed by atoms with van der Waals surface area (Å²) in [5.41, 5.74) is 1.43. The first-order valence-electron chi connectivity index (χ1n) is 11.2. The van der Waals surface area contributed by atoms with Crippen LogP contribution in [-0.2, 0) is 14.3 Å². The predicted molar refractivity (Wildman–Crippen MR) is 135 cm³/mol. The van der Waals surface area contributed by atoms with Gasteiger partial charge in [-0.15, -0.1) is 22.9 Å². The highest BCUT2D eigenvalue weighted by Crippen LogP contribution is 2.43. The largest absolute Gasteiger partial charge is 0.479 e. The Morgan fingerprint density at radius 1 is 1.11 bits per heavy atom. The Balaban J connectivity index is 1.88. The van der Waals surface area contributed by atoms with Crippen LogP contribution in [0.2, 0.25) is 0 Å². The molecule has 0 saturated carbocycles. The number of thiophene rings is 1. The van der Waals surface area contributed by atoms with Crippen molar-refractivity contribution in [1.29, 1.82) is 0 Å². The molecule has 0 aliphatic carbocycles. The van der Waals surface area contributed by atoms with E-state index in [4.69, 9.17) is 21.1 Å². The van der Waals surface area contributed by atoms with Gasteiger partial charge in [0.15, 0.2) is 12.4 Å². The molecule has 1 amide bonds. The average Bonchev–Trinajstić information content (AvgIpc) is 3.39. The third kappa shape index (κ3) is 5.33. The smallest absolute Gasteiger partial charge is 0.335 e. The molecule has 1 fully saturated rings. The van der Waals surface area contributed by atoms with Gasteiger partial charge in [-0.1, -0.05) is 24.3 Å². The number of aliphatic carboxylic acids is 1. The highest BCUT2D eigenvalue weighted by Gasteiger charge is 2.48. The number of halogens is 1. The number of carboxylic acids is 1. The van der Waals surface area contributed by atoms with Crippen LogP contribution in [0.15, 0.2) is 42.5 Å². The lowest BCUT2D eigenvalue weighted by Gasteiger charge is -2.38. The van der Waals surface area contributed by atoms with Crippen molar-refractivity contribution in [2.45, 2.75) is 36.6 Å². The zero-order valence-corrected chi connectivity index (χ0v) is 20.8. The predicted octanol–water partition coefficient (Wildman–Crippen LogP) is 1.72. The van der Waals surface area contributed by atoms with Crippen LogP contribution in [0.25, 0.3) is 21.2 Å². The number of benzene rings is 2. The van der Waals surface area contributed by atoms with E-state index in [1.165, 1.54) is 11.3 Å². The van der Waals surface area contributed by atoms with Crippen molar-refractivity contribution in [3.63, 3.8) is 0 Å². The van der Waals surface area contributed by atoms with Gasteiger partial charge < -0.3 is 35.2 Å². The molecule has 4 rings (SSSR count). The van der Waals surface area contributed by atoms with Crippen molar-refractivity contribution in [2.24, 2.45) is 0 Å². The van der Waals surface area contributed by atoms with E-state index >= 15 is 0 Å². The van der Waals surface area contributed by atoms with Crippen molar-refractivity contribution in [2.75, 3.05) is 12.4 Å². The molecule has 1 aromatic heterocycles. The van der Waals surface area contributed by atoms with Crippen molar-refractivity contribution in [3.8, 4) is 16.2 Å². The molecule has 3 aromatic rings. The Morgan fingerprint density at radius 3 is 2.46 bits per heavy atom. The van der Waals surface area contributed by atoms with Crippen LogP contribution in [-0.4, -0.2) is 82.2 Å². The van der Waals surface area contributed by atoms with Crippen LogP contribution in [0.3, 0.4) is 0 Å². The highest BCUT2D eigenvalue weighted by atomic mass is 35.5. The van der Waals surface area contributed by atoms with Gasteiger partial charge in [-0.05, 0) is 34.7 Å². The number of hydrogen-bond acceptors (Lipinski definition) is 9. The number of carboxylic acid groups (broad SMARTS) is 1. The Kier molecular flexibility index (Phi) is 8.42. The number of alkyl halides is 1. The number of fused-ring (bicyclic) bond motifs is 1. The molecule has 1 aliphatic rings. The molecule has 0 spiro atoms. The fourth-order valence-corrected chi connectivity index (χ4v) is 5.48. The van der Waals surface area contributed by atoms with Gasteiger partial charge in [0, 0.05) is 28.6 Å². The van der Waals surface area contributed by atoms with Gasteiger partial charge in [0.2, 0.25) is 12.7 Å². The molecule has 5 N–H and O–H groups in total. The van der Waals surface area contributed by atoms with E-state index in [0.717, 1.165) is 11.8 Å². The number of aliphatic hydroxyl groups excluding tert-OH is 3. The number of nitrogens with one attached hydrogen (secondary N) is 1. The van der Waals surface area contributed by atoms with Gasteiger partial charge in [-0.2, -0.15) is 0 Å². The van der Waals surface area contributed by atoms with Gasteiger partial charge in [-0.25, -0.2) is 4.79 Å². The average molecular weight is 550 g/mol. The molecule has 2 heterocycles. The number of hydrogen-bond donors (Lipinski definition) is 5. The zero-order chi connectivity index (χ0) is 26.7. The summed E-state index contributed by atoms with van der Waals surface area (Å²) in [6.07, 6.45) is -7.56. The minimum atomic E-state index is -1.86. The number of aldehydes is 1. The molecule has 196 valence electrons. The van der Waals surface area contributed by atoms with E-state index in [9.17, 15) is 34.8 Å². The second-order valence-corrected chi connectivity index (χ2v) is 9.86. The SMILES string of the molecule is O=CNCC(CCl)c1c(-c2ccc(C=O)s2)cc(OC2OC(C(=O)O)C(O)C(O)C2O)c2ccccc12. The maximum atomic E-state index is 11.5. The van der Waals surface area contributed by atoms with E-state index in [-0.39, 0.29) is 24.1 Å². The fraction of sp³-hybridized carbons (Fsp3) is 0.320. The molecular weight excluding hydrogens is 526 g/mol. The number of carbonyl (C=O) groups excluding carboxylic acids is 2. The van der Waals surface area contributed by atoms with E-state index in [2.05, 4.69) is 5.32 Å². The van der Waals surface area contributed by atoms with Gasteiger partial charge in [0.05, 0.1) is 4.88 Å². The molecule has 0 bridgehead atoms. The summed E-state index contributed by atoms with van der Waals surface area (Å²) in [6.45, 7) is 0.241. The summed E-state index contributed by atoms with van der Waals surface area (Å²) >= 11 is 7.55. The van der Waals surface area contributed by atoms with E-state index < -0.39 is 36.7 Å². The Bertz CT molecular complexity index is 1300. The maximum absolute atomic E-state index is 11.5. The lowest BCUT2D eigenvalue weighted by atomic mass is 9.88. The van der Waals surface area contributed by atoms with Crippen molar-refractivity contribution < 1.29 is 44.3 Å². The third-order valence-electron chi connectivity index (χ3n) is 6.15. The van der Waals surface area contributed by atoms with Crippen LogP contribution in [0, 0.1) is 0 Å². The molecular formula is C25H24ClNO9S. The van der Waals surface area contributed by atoms with Crippen LogP contribution in [0.4, 0.5) is 0 Å². The summed E-state index contributed by atoms with van der Waals surface area (Å²) < 4.78 is 11.3. The molecule has 1 aliphatic heterocycles. The topological polar surface area (TPSA) is 163 Å². The molecule has 6 unspecified atom stereocenters. The zero-order valence-electron chi connectivity index (χ0n) is 19.2. The number of aliphatic hydroxyl groups is 3. The van der Waals surface area contributed by atoms with Gasteiger partial charge in [0.25, 0.3) is 0 Å². The number of carbonyl (C=O) groups is 3. The first-order valence-corrected chi connectivity index (χ1v) is 12.6. The summed E-state index contributed by atoms with van der Waals surface area (Å²) in [6, 6.07) is 12.2. The van der Waals surface area contributed by atoms with Gasteiger partial charge in [0.1, 0.15) is 24.1 Å². The number of amides is 1. The summed E-state index contributed by atoms with van der Waals surface area (Å²) in [5.74, 6) is -1.49. The lowest BCUT2D eigenvalue weighted by Crippen LogP contribution is -2.61. The van der Waals surface area contributed by atoms with Crippen LogP contribution in [0.5, 0.6) is 5.75 Å². The Labute approximate surface area is 220 Å². The van der Waals surface area contributed by atoms with Crippen molar-refractivity contribution >= 4 is 52.4 Å². The highest BCUT2D eigenvalue weighted by molar-refractivity contribution is 7.17. The molecule has 10 nitrogen and oxygen atoms in total. The van der Waals surface area contributed by atoms with Crippen LogP contribution in [0.1, 0.15) is 21.2 Å². The van der Waals surface area contributed by atoms with Gasteiger partial charge in [-0.3, -0.25) is 9.59 Å². The molecule has 1 saturated heterocycles. The van der Waals surface area contributed by atoms with Crippen molar-refractivity contribution in [3.05, 3.63) is 52.9 Å². The Morgan fingerprint density at radius 2 is 1.84 bits per heavy atom. The quantitative estimate of drug-likeness (QED) is 0.187. The first-order chi connectivity index (χ1) is 17.8. The summed E-state index contributed by atoms with van der Waals surface area (Å²) in [4.78, 5) is 35.1. The first kappa shape index (κ1) is 27.0. The van der Waals surface area contributed by atoms with Crippen LogP contribution < -0.4 is 10.1 Å². The van der Waals surface area contributed by atoms with Crippen molar-refractivity contribution in [1.82, 2.24) is 5.32 Å². The molecule has 0 radical (unpaired) electrons. The van der Waals surface area contributed by atoms with Crippen LogP contribution >= 0.6 is 22.9 Å². The normalized spacial score (nSPS) is 24.4. The maximum Gasteiger partial charge on any atom is 0.335 e. The minimum absolute atomic E-state index is 0.165. The third-order valence-corrected chi connectivity index (χ3v) is 7.57. The summed E-state index contributed by atoms with van der Waals surface area (Å²) in [7, 11) is 0. The number of ether oxygens (including phenoxy) is 2. The standard InChI is InChI=1S/C25H24ClNO9S/c26-8-12(9-27-11-29)19-15-4-2-1-3-14(15)17(7-16(19)18-6-5-13(10-28)37-18)35-25-22(32)20(30)21(31)23(36-25)24(33)34/h1-7,10-12,20-23,25,30-32H,8-9H2,(H,27,29)(H,33,34). The fourth-order valence-electron chi connectivity index (χ4n) is 4.37. The molecule has 6 atom stereocenters. The Hall–Kier alpha value is -3.06. The summed E-state index contributed by atoms with van der Waals surface area (Å²) in [5, 5.41) is 44.0. The number of rotatable bonds is 10. The monoisotopic (exact) mass is 549 g/mol. The molecule has 37 heavy (non-hydrogen) atoms. The molecule has 2 aromatic carbocycles. The molecule has 12 heteroatoms. The van der Waals surface area contributed by atoms with E-state index in [0.29, 0.717) is 32.5 Å². The minimum Gasteiger partial charge on any atom is -0.479 e. The lowest BCUT2D eigenvalue weighted by molar-refractivity contribution is -0.270. The second kappa shape index (κ2) is 11.5. The van der Waals surface area contributed by atoms with E-state index in [1.54, 1.807) is 36.4 Å².